The number of rotatable bonds is 6. The number of methoxy groups -OCH3 is 1. The minimum atomic E-state index is -0.702. The SMILES string of the molecule is COc1ccc(-c2nc3ccc(C(=O)NC(CO)CO)cc3s2)c(O)c1. The molecule has 0 saturated heterocycles. The lowest BCUT2D eigenvalue weighted by Gasteiger charge is -2.13. The molecule has 26 heavy (non-hydrogen) atoms. The number of aliphatic hydroxyl groups is 2. The molecule has 1 heterocycles. The second kappa shape index (κ2) is 7.69. The number of aromatic hydroxyl groups is 1. The van der Waals surface area contributed by atoms with Crippen molar-refractivity contribution in [1.29, 1.82) is 0 Å². The third-order valence-electron chi connectivity index (χ3n) is 3.86. The van der Waals surface area contributed by atoms with Crippen molar-refractivity contribution in [2.45, 2.75) is 6.04 Å². The van der Waals surface area contributed by atoms with E-state index in [0.717, 1.165) is 4.70 Å². The molecule has 0 atom stereocenters. The molecule has 0 unspecified atom stereocenters. The fourth-order valence-corrected chi connectivity index (χ4v) is 3.46. The van der Waals surface area contributed by atoms with E-state index in [1.165, 1.54) is 24.5 Å². The van der Waals surface area contributed by atoms with Crippen molar-refractivity contribution in [3.63, 3.8) is 0 Å². The molecule has 0 spiro atoms. The maximum atomic E-state index is 12.2. The summed E-state index contributed by atoms with van der Waals surface area (Å²) in [5, 5.41) is 31.5. The van der Waals surface area contributed by atoms with Gasteiger partial charge in [-0.1, -0.05) is 0 Å². The highest BCUT2D eigenvalue weighted by atomic mass is 32.1. The molecule has 4 N–H and O–H groups in total. The molecule has 3 aromatic rings. The van der Waals surface area contributed by atoms with E-state index in [1.54, 1.807) is 30.3 Å². The molecule has 2 aromatic carbocycles. The van der Waals surface area contributed by atoms with E-state index in [-0.39, 0.29) is 24.9 Å². The number of benzene rings is 2. The average Bonchev–Trinajstić information content (AvgIpc) is 3.08. The summed E-state index contributed by atoms with van der Waals surface area (Å²) in [6, 6.07) is 9.32. The van der Waals surface area contributed by atoms with Crippen LogP contribution in [0, 0.1) is 0 Å². The fraction of sp³-hybridized carbons (Fsp3) is 0.222. The van der Waals surface area contributed by atoms with Crippen LogP contribution in [0.5, 0.6) is 11.5 Å². The van der Waals surface area contributed by atoms with Gasteiger partial charge in [-0.3, -0.25) is 4.79 Å². The zero-order valence-corrected chi connectivity index (χ0v) is 14.8. The summed E-state index contributed by atoms with van der Waals surface area (Å²) in [5.41, 5.74) is 1.69. The second-order valence-electron chi connectivity index (χ2n) is 5.62. The Balaban J connectivity index is 1.91. The van der Waals surface area contributed by atoms with Crippen molar-refractivity contribution in [3.8, 4) is 22.1 Å². The quantitative estimate of drug-likeness (QED) is 0.523. The van der Waals surface area contributed by atoms with Crippen LogP contribution in [-0.4, -0.2) is 52.6 Å². The molecule has 0 aliphatic heterocycles. The van der Waals surface area contributed by atoms with Crippen molar-refractivity contribution in [1.82, 2.24) is 10.3 Å². The first-order chi connectivity index (χ1) is 12.5. The van der Waals surface area contributed by atoms with Gasteiger partial charge in [0.25, 0.3) is 5.91 Å². The molecular weight excluding hydrogens is 356 g/mol. The van der Waals surface area contributed by atoms with Crippen molar-refractivity contribution in [3.05, 3.63) is 42.0 Å². The zero-order chi connectivity index (χ0) is 18.7. The number of ether oxygens (including phenoxy) is 1. The first-order valence-corrected chi connectivity index (χ1v) is 8.68. The predicted octanol–water partition coefficient (Wildman–Crippen LogP) is 1.76. The molecule has 7 nitrogen and oxygen atoms in total. The summed E-state index contributed by atoms with van der Waals surface area (Å²) in [7, 11) is 1.52. The van der Waals surface area contributed by atoms with Crippen molar-refractivity contribution < 1.29 is 24.9 Å². The van der Waals surface area contributed by atoms with Gasteiger partial charge in [-0.25, -0.2) is 4.98 Å². The normalized spacial score (nSPS) is 11.1. The fourth-order valence-electron chi connectivity index (χ4n) is 2.42. The van der Waals surface area contributed by atoms with Gasteiger partial charge in [-0.15, -0.1) is 11.3 Å². The number of thiazole rings is 1. The first kappa shape index (κ1) is 18.1. The molecule has 0 fully saturated rings. The van der Waals surface area contributed by atoms with E-state index in [0.29, 0.717) is 27.4 Å². The summed E-state index contributed by atoms with van der Waals surface area (Å²) in [6.07, 6.45) is 0. The van der Waals surface area contributed by atoms with Gasteiger partial charge in [0.15, 0.2) is 0 Å². The number of nitrogens with zero attached hydrogens (tertiary/aromatic N) is 1. The number of aromatic nitrogens is 1. The van der Waals surface area contributed by atoms with Gasteiger partial charge in [-0.2, -0.15) is 0 Å². The van der Waals surface area contributed by atoms with E-state index in [4.69, 9.17) is 14.9 Å². The van der Waals surface area contributed by atoms with Crippen LogP contribution in [0.3, 0.4) is 0 Å². The van der Waals surface area contributed by atoms with Gasteiger partial charge in [0, 0.05) is 11.6 Å². The summed E-state index contributed by atoms with van der Waals surface area (Å²) < 4.78 is 5.86. The van der Waals surface area contributed by atoms with Crippen molar-refractivity contribution >= 4 is 27.5 Å². The Labute approximate surface area is 153 Å². The lowest BCUT2D eigenvalue weighted by atomic mass is 10.2. The number of phenols is 1. The van der Waals surface area contributed by atoms with E-state index in [2.05, 4.69) is 10.3 Å². The summed E-state index contributed by atoms with van der Waals surface area (Å²) in [4.78, 5) is 16.7. The zero-order valence-electron chi connectivity index (χ0n) is 14.0. The van der Waals surface area contributed by atoms with E-state index in [9.17, 15) is 9.90 Å². The number of fused-ring (bicyclic) bond motifs is 1. The van der Waals surface area contributed by atoms with Gasteiger partial charge in [0.05, 0.1) is 42.1 Å². The van der Waals surface area contributed by atoms with Gasteiger partial charge >= 0.3 is 0 Å². The number of hydrogen-bond donors (Lipinski definition) is 4. The van der Waals surface area contributed by atoms with Gasteiger partial charge in [0.1, 0.15) is 16.5 Å². The monoisotopic (exact) mass is 374 g/mol. The highest BCUT2D eigenvalue weighted by Crippen LogP contribution is 2.37. The van der Waals surface area contributed by atoms with Gasteiger partial charge in [-0.05, 0) is 30.3 Å². The number of carbonyl (C=O) groups excluding carboxylic acids is 1. The number of aliphatic hydroxyl groups excluding tert-OH is 2. The molecule has 0 saturated carbocycles. The van der Waals surface area contributed by atoms with Crippen LogP contribution in [0.2, 0.25) is 0 Å². The molecule has 0 aliphatic rings. The van der Waals surface area contributed by atoms with Gasteiger partial charge < -0.3 is 25.4 Å². The molecule has 0 bridgehead atoms. The molecule has 3 rings (SSSR count). The number of carbonyl (C=O) groups is 1. The lowest BCUT2D eigenvalue weighted by molar-refractivity contribution is 0.0879. The van der Waals surface area contributed by atoms with Crippen LogP contribution in [0.1, 0.15) is 10.4 Å². The molecular formula is C18H18N2O5S. The second-order valence-corrected chi connectivity index (χ2v) is 6.65. The Morgan fingerprint density at radius 2 is 2.00 bits per heavy atom. The molecule has 0 radical (unpaired) electrons. The van der Waals surface area contributed by atoms with Crippen LogP contribution in [-0.2, 0) is 0 Å². The molecule has 1 amide bonds. The Hall–Kier alpha value is -2.68. The Kier molecular flexibility index (Phi) is 5.36. The van der Waals surface area contributed by atoms with Crippen molar-refractivity contribution in [2.24, 2.45) is 0 Å². The van der Waals surface area contributed by atoms with Crippen LogP contribution < -0.4 is 10.1 Å². The highest BCUT2D eigenvalue weighted by Gasteiger charge is 2.15. The van der Waals surface area contributed by atoms with E-state index in [1.807, 2.05) is 0 Å². The Bertz CT molecular complexity index is 936. The number of nitrogens with one attached hydrogen (secondary N) is 1. The van der Waals surface area contributed by atoms with Crippen LogP contribution in [0.15, 0.2) is 36.4 Å². The lowest BCUT2D eigenvalue weighted by Crippen LogP contribution is -2.40. The minimum Gasteiger partial charge on any atom is -0.507 e. The maximum Gasteiger partial charge on any atom is 0.251 e. The smallest absolute Gasteiger partial charge is 0.251 e. The molecule has 1 aromatic heterocycles. The largest absolute Gasteiger partial charge is 0.507 e. The third kappa shape index (κ3) is 3.62. The predicted molar refractivity (Wildman–Crippen MR) is 98.7 cm³/mol. The molecule has 8 heteroatoms. The maximum absolute atomic E-state index is 12.2. The first-order valence-electron chi connectivity index (χ1n) is 7.86. The summed E-state index contributed by atoms with van der Waals surface area (Å²) in [6.45, 7) is -0.683. The number of amides is 1. The average molecular weight is 374 g/mol. The van der Waals surface area contributed by atoms with E-state index < -0.39 is 6.04 Å². The summed E-state index contributed by atoms with van der Waals surface area (Å²) in [5.74, 6) is 0.228. The van der Waals surface area contributed by atoms with Gasteiger partial charge in [0.2, 0.25) is 0 Å². The Morgan fingerprint density at radius 1 is 1.23 bits per heavy atom. The number of hydrogen-bond acceptors (Lipinski definition) is 7. The van der Waals surface area contributed by atoms with Crippen molar-refractivity contribution in [2.75, 3.05) is 20.3 Å². The van der Waals surface area contributed by atoms with Crippen LogP contribution >= 0.6 is 11.3 Å². The van der Waals surface area contributed by atoms with Crippen LogP contribution in [0.25, 0.3) is 20.8 Å². The standard InChI is InChI=1S/C18H18N2O5S/c1-25-12-3-4-13(15(23)7-12)18-20-14-5-2-10(6-16(14)26-18)17(24)19-11(8-21)9-22/h2-7,11,21-23H,8-9H2,1H3,(H,19,24). The number of phenolic OH excluding ortho intramolecular Hbond substituents is 1. The Morgan fingerprint density at radius 3 is 2.65 bits per heavy atom. The van der Waals surface area contributed by atoms with Crippen LogP contribution in [0.4, 0.5) is 0 Å². The topological polar surface area (TPSA) is 112 Å². The molecule has 0 aliphatic carbocycles. The summed E-state index contributed by atoms with van der Waals surface area (Å²) >= 11 is 1.35. The minimum absolute atomic E-state index is 0.0649. The van der Waals surface area contributed by atoms with E-state index >= 15 is 0 Å². The third-order valence-corrected chi connectivity index (χ3v) is 4.91. The molecule has 136 valence electrons. The highest BCUT2D eigenvalue weighted by molar-refractivity contribution is 7.21.